The molecular weight excluding hydrogens is 251 g/mol. The van der Waals surface area contributed by atoms with Gasteiger partial charge in [-0.15, -0.1) is 24.8 Å². The molecule has 0 amide bonds. The quantitative estimate of drug-likeness (QED) is 0.520. The Labute approximate surface area is 110 Å². The molecule has 16 heavy (non-hydrogen) atoms. The maximum absolute atomic E-state index is 8.70. The molecule has 0 aromatic heterocycles. The van der Waals surface area contributed by atoms with E-state index in [0.29, 0.717) is 0 Å². The highest BCUT2D eigenvalue weighted by Gasteiger charge is 2.35. The lowest BCUT2D eigenvalue weighted by Gasteiger charge is -2.38. The van der Waals surface area contributed by atoms with E-state index in [1.807, 2.05) is 13.8 Å². The summed E-state index contributed by atoms with van der Waals surface area (Å²) in [5.41, 5.74) is 11.0. The Balaban J connectivity index is 0. The van der Waals surface area contributed by atoms with Gasteiger partial charge in [-0.1, -0.05) is 0 Å². The zero-order chi connectivity index (χ0) is 11.0. The van der Waals surface area contributed by atoms with Gasteiger partial charge in [-0.3, -0.25) is 0 Å². The molecule has 6 N–H and O–H groups in total. The molecule has 0 spiro atoms. The van der Waals surface area contributed by atoms with Gasteiger partial charge in [0.15, 0.2) is 0 Å². The Kier molecular flexibility index (Phi) is 7.49. The van der Waals surface area contributed by atoms with E-state index in [9.17, 15) is 0 Å². The summed E-state index contributed by atoms with van der Waals surface area (Å²) in [6, 6.07) is 0. The zero-order valence-corrected chi connectivity index (χ0v) is 11.5. The molecule has 2 saturated carbocycles. The summed E-state index contributed by atoms with van der Waals surface area (Å²) in [6.45, 7) is 3.92. The predicted molar refractivity (Wildman–Crippen MR) is 70.2 cm³/mol. The molecule has 2 aliphatic rings. The van der Waals surface area contributed by atoms with Crippen molar-refractivity contribution in [1.29, 1.82) is 0 Å². The zero-order valence-electron chi connectivity index (χ0n) is 9.85. The van der Waals surface area contributed by atoms with Gasteiger partial charge in [0, 0.05) is 11.1 Å². The van der Waals surface area contributed by atoms with Crippen LogP contribution in [0.15, 0.2) is 0 Å². The molecule has 0 atom stereocenters. The van der Waals surface area contributed by atoms with E-state index in [0.717, 1.165) is 25.7 Å². The van der Waals surface area contributed by atoms with E-state index in [-0.39, 0.29) is 48.1 Å². The van der Waals surface area contributed by atoms with Gasteiger partial charge in [0.25, 0.3) is 0 Å². The summed E-state index contributed by atoms with van der Waals surface area (Å²) >= 11 is 0. The van der Waals surface area contributed by atoms with E-state index in [1.165, 1.54) is 0 Å². The van der Waals surface area contributed by atoms with Crippen molar-refractivity contribution in [3.8, 4) is 0 Å². The average Bonchev–Trinajstić information content (AvgIpc) is 1.78. The number of hydrogen-bond acceptors (Lipinski definition) is 4. The van der Waals surface area contributed by atoms with E-state index in [1.54, 1.807) is 0 Å². The van der Waals surface area contributed by atoms with Gasteiger partial charge in [-0.2, -0.15) is 0 Å². The monoisotopic (exact) mass is 274 g/mol. The molecule has 2 fully saturated rings. The maximum Gasteiger partial charge on any atom is 0.0575 e. The summed E-state index contributed by atoms with van der Waals surface area (Å²) in [5.74, 6) is 0. The number of nitrogens with two attached hydrogens (primary N) is 2. The lowest BCUT2D eigenvalue weighted by atomic mass is 9.77. The molecule has 0 aromatic carbocycles. The van der Waals surface area contributed by atoms with Crippen molar-refractivity contribution in [1.82, 2.24) is 0 Å². The second-order valence-corrected chi connectivity index (χ2v) is 5.43. The fourth-order valence-electron chi connectivity index (χ4n) is 2.03. The first-order chi connectivity index (χ1) is 6.20. The summed E-state index contributed by atoms with van der Waals surface area (Å²) in [7, 11) is 0. The van der Waals surface area contributed by atoms with Crippen LogP contribution in [0.2, 0.25) is 0 Å². The summed E-state index contributed by atoms with van der Waals surface area (Å²) in [4.78, 5) is 0. The van der Waals surface area contributed by atoms with Crippen LogP contribution in [0.25, 0.3) is 0 Å². The standard InChI is InChI=1S/2C5H11NO.2ClH/c2*1-5(6)2-4(7)3-5;;/h2*4,7H,2-3,6H2,1H3;2*1H. The number of halogens is 2. The van der Waals surface area contributed by atoms with Gasteiger partial charge in [-0.05, 0) is 39.5 Å². The molecule has 4 nitrogen and oxygen atoms in total. The van der Waals surface area contributed by atoms with Crippen LogP contribution in [-0.2, 0) is 0 Å². The molecule has 0 aliphatic heterocycles. The van der Waals surface area contributed by atoms with Gasteiger partial charge in [0.1, 0.15) is 0 Å². The highest BCUT2D eigenvalue weighted by atomic mass is 35.5. The molecule has 0 aromatic rings. The molecule has 6 heteroatoms. The van der Waals surface area contributed by atoms with Crippen LogP contribution in [0.1, 0.15) is 39.5 Å². The number of rotatable bonds is 0. The Morgan fingerprint density at radius 1 is 0.812 bits per heavy atom. The predicted octanol–water partition coefficient (Wildman–Crippen LogP) is 0.561. The molecule has 0 unspecified atom stereocenters. The molecule has 0 heterocycles. The summed E-state index contributed by atoms with van der Waals surface area (Å²) in [5, 5.41) is 17.4. The summed E-state index contributed by atoms with van der Waals surface area (Å²) in [6.07, 6.45) is 2.85. The molecule has 2 rings (SSSR count). The van der Waals surface area contributed by atoms with Crippen molar-refractivity contribution >= 4 is 24.8 Å². The number of aliphatic hydroxyl groups excluding tert-OH is 2. The van der Waals surface area contributed by atoms with Crippen molar-refractivity contribution in [2.45, 2.75) is 62.8 Å². The van der Waals surface area contributed by atoms with Crippen LogP contribution in [0.4, 0.5) is 0 Å². The average molecular weight is 275 g/mol. The minimum atomic E-state index is -0.116. The first kappa shape index (κ1) is 18.8. The van der Waals surface area contributed by atoms with E-state index in [2.05, 4.69) is 0 Å². The number of hydrogen-bond donors (Lipinski definition) is 4. The Morgan fingerprint density at radius 2 is 1.00 bits per heavy atom. The Hall–Kier alpha value is 0.420. The molecule has 2 aliphatic carbocycles. The van der Waals surface area contributed by atoms with Crippen LogP contribution in [0, 0.1) is 0 Å². The Morgan fingerprint density at radius 3 is 1.00 bits per heavy atom. The van der Waals surface area contributed by atoms with E-state index in [4.69, 9.17) is 21.7 Å². The van der Waals surface area contributed by atoms with Crippen LogP contribution in [0.5, 0.6) is 0 Å². The van der Waals surface area contributed by atoms with Gasteiger partial charge >= 0.3 is 0 Å². The Bertz CT molecular complexity index is 175. The first-order valence-electron chi connectivity index (χ1n) is 5.14. The molecule has 0 saturated heterocycles. The highest BCUT2D eigenvalue weighted by Crippen LogP contribution is 2.28. The minimum absolute atomic E-state index is 0. The van der Waals surface area contributed by atoms with Crippen LogP contribution >= 0.6 is 24.8 Å². The van der Waals surface area contributed by atoms with E-state index < -0.39 is 0 Å². The number of aliphatic hydroxyl groups is 2. The van der Waals surface area contributed by atoms with Gasteiger partial charge in [0.2, 0.25) is 0 Å². The van der Waals surface area contributed by atoms with Crippen molar-refractivity contribution in [2.75, 3.05) is 0 Å². The topological polar surface area (TPSA) is 92.5 Å². The van der Waals surface area contributed by atoms with Crippen LogP contribution in [-0.4, -0.2) is 33.5 Å². The molecule has 0 radical (unpaired) electrons. The normalized spacial score (nSPS) is 44.6. The third kappa shape index (κ3) is 6.23. The third-order valence-electron chi connectivity index (χ3n) is 2.81. The van der Waals surface area contributed by atoms with Gasteiger partial charge in [-0.25, -0.2) is 0 Å². The van der Waals surface area contributed by atoms with Crippen LogP contribution < -0.4 is 11.5 Å². The lowest BCUT2D eigenvalue weighted by molar-refractivity contribution is 0.0317. The second kappa shape index (κ2) is 6.38. The van der Waals surface area contributed by atoms with Gasteiger partial charge in [0.05, 0.1) is 12.2 Å². The molecule has 100 valence electrons. The van der Waals surface area contributed by atoms with Crippen molar-refractivity contribution in [3.63, 3.8) is 0 Å². The first-order valence-corrected chi connectivity index (χ1v) is 5.14. The molecule has 0 bridgehead atoms. The largest absolute Gasteiger partial charge is 0.393 e. The minimum Gasteiger partial charge on any atom is -0.393 e. The smallest absolute Gasteiger partial charge is 0.0575 e. The van der Waals surface area contributed by atoms with Crippen molar-refractivity contribution in [2.24, 2.45) is 11.5 Å². The van der Waals surface area contributed by atoms with Crippen LogP contribution in [0.3, 0.4) is 0 Å². The lowest BCUT2D eigenvalue weighted by Crippen LogP contribution is -2.51. The highest BCUT2D eigenvalue weighted by molar-refractivity contribution is 5.85. The van der Waals surface area contributed by atoms with E-state index >= 15 is 0 Å². The van der Waals surface area contributed by atoms with Crippen molar-refractivity contribution in [3.05, 3.63) is 0 Å². The summed E-state index contributed by atoms with van der Waals surface area (Å²) < 4.78 is 0. The SMILES string of the molecule is CC1(N)CC(O)C1.CC1(N)CC(O)C1.Cl.Cl. The van der Waals surface area contributed by atoms with Gasteiger partial charge < -0.3 is 21.7 Å². The fourth-order valence-corrected chi connectivity index (χ4v) is 2.03. The van der Waals surface area contributed by atoms with Crippen molar-refractivity contribution < 1.29 is 10.2 Å². The second-order valence-electron chi connectivity index (χ2n) is 5.43. The fraction of sp³-hybridized carbons (Fsp3) is 1.00. The molecular formula is C10H24Cl2N2O2. The maximum atomic E-state index is 8.70. The third-order valence-corrected chi connectivity index (χ3v) is 2.81.